The van der Waals surface area contributed by atoms with E-state index in [9.17, 15) is 9.59 Å². The van der Waals surface area contributed by atoms with Crippen molar-refractivity contribution in [2.75, 3.05) is 39.3 Å². The lowest BCUT2D eigenvalue weighted by Gasteiger charge is -2.36. The highest BCUT2D eigenvalue weighted by atomic mass is 16.2. The van der Waals surface area contributed by atoms with Crippen molar-refractivity contribution in [2.24, 2.45) is 17.6 Å². The first kappa shape index (κ1) is 13.3. The predicted molar refractivity (Wildman–Crippen MR) is 67.9 cm³/mol. The molecule has 0 radical (unpaired) electrons. The molecule has 2 rings (SSSR count). The Morgan fingerprint density at radius 1 is 1.50 bits per heavy atom. The van der Waals surface area contributed by atoms with Gasteiger partial charge in [-0.1, -0.05) is 6.92 Å². The van der Waals surface area contributed by atoms with Gasteiger partial charge >= 0.3 is 6.03 Å². The monoisotopic (exact) mass is 254 g/mol. The number of hydrogen-bond acceptors (Lipinski definition) is 4. The van der Waals surface area contributed by atoms with E-state index < -0.39 is 0 Å². The molecule has 2 atom stereocenters. The molecule has 6 heteroatoms. The van der Waals surface area contributed by atoms with Gasteiger partial charge in [0, 0.05) is 19.6 Å². The largest absolute Gasteiger partial charge is 0.336 e. The van der Waals surface area contributed by atoms with Gasteiger partial charge < -0.3 is 11.1 Å². The van der Waals surface area contributed by atoms with E-state index in [2.05, 4.69) is 17.1 Å². The molecule has 3 amide bonds. The van der Waals surface area contributed by atoms with Crippen molar-refractivity contribution < 1.29 is 9.59 Å². The van der Waals surface area contributed by atoms with Crippen LogP contribution in [0.25, 0.3) is 0 Å². The van der Waals surface area contributed by atoms with Crippen LogP contribution >= 0.6 is 0 Å². The van der Waals surface area contributed by atoms with Crippen molar-refractivity contribution in [3.05, 3.63) is 0 Å². The minimum absolute atomic E-state index is 0.102. The van der Waals surface area contributed by atoms with Crippen LogP contribution in [0.1, 0.15) is 13.3 Å². The number of likely N-dealkylation sites (tertiary alicyclic amines) is 1. The number of amides is 3. The van der Waals surface area contributed by atoms with Crippen LogP contribution in [-0.2, 0) is 4.79 Å². The zero-order valence-electron chi connectivity index (χ0n) is 10.9. The van der Waals surface area contributed by atoms with Gasteiger partial charge in [-0.05, 0) is 31.3 Å². The van der Waals surface area contributed by atoms with E-state index in [0.717, 1.165) is 19.5 Å². The number of urea groups is 1. The van der Waals surface area contributed by atoms with E-state index in [-0.39, 0.29) is 11.9 Å². The van der Waals surface area contributed by atoms with Crippen molar-refractivity contribution in [1.29, 1.82) is 0 Å². The Labute approximate surface area is 107 Å². The summed E-state index contributed by atoms with van der Waals surface area (Å²) in [6.45, 7) is 6.03. The maximum Gasteiger partial charge on any atom is 0.324 e. The van der Waals surface area contributed by atoms with E-state index in [0.29, 0.717) is 38.0 Å². The predicted octanol–water partition coefficient (Wildman–Crippen LogP) is -0.545. The molecule has 2 aliphatic heterocycles. The van der Waals surface area contributed by atoms with Crippen molar-refractivity contribution in [3.8, 4) is 0 Å². The Morgan fingerprint density at radius 2 is 2.28 bits per heavy atom. The van der Waals surface area contributed by atoms with Crippen LogP contribution in [0.15, 0.2) is 0 Å². The van der Waals surface area contributed by atoms with Gasteiger partial charge in [-0.2, -0.15) is 0 Å². The van der Waals surface area contributed by atoms with E-state index in [1.165, 1.54) is 4.90 Å². The number of piperidine rings is 1. The smallest absolute Gasteiger partial charge is 0.324 e. The fourth-order valence-corrected chi connectivity index (χ4v) is 2.66. The second-order valence-electron chi connectivity index (χ2n) is 5.27. The van der Waals surface area contributed by atoms with Gasteiger partial charge in [-0.15, -0.1) is 0 Å². The van der Waals surface area contributed by atoms with Gasteiger partial charge in [0.1, 0.15) is 0 Å². The average molecular weight is 254 g/mol. The summed E-state index contributed by atoms with van der Waals surface area (Å²) >= 11 is 0. The molecular weight excluding hydrogens is 232 g/mol. The fraction of sp³-hybridized carbons (Fsp3) is 0.833. The SMILES string of the molecule is CC1CCN(CC(=O)N2CCNC2=O)CC1CN. The number of nitrogens with two attached hydrogens (primary N) is 1. The Bertz CT molecular complexity index is 334. The maximum atomic E-state index is 12.0. The summed E-state index contributed by atoms with van der Waals surface area (Å²) in [6, 6.07) is -0.263. The molecule has 2 aliphatic rings. The van der Waals surface area contributed by atoms with Gasteiger partial charge in [0.05, 0.1) is 6.54 Å². The molecule has 2 saturated heterocycles. The molecule has 0 aromatic carbocycles. The van der Waals surface area contributed by atoms with Crippen molar-refractivity contribution in [1.82, 2.24) is 15.1 Å². The van der Waals surface area contributed by atoms with Crippen molar-refractivity contribution in [2.45, 2.75) is 13.3 Å². The third-order valence-corrected chi connectivity index (χ3v) is 4.02. The third-order valence-electron chi connectivity index (χ3n) is 4.02. The number of nitrogens with one attached hydrogen (secondary N) is 1. The van der Waals surface area contributed by atoms with Crippen molar-refractivity contribution in [3.63, 3.8) is 0 Å². The van der Waals surface area contributed by atoms with Crippen LogP contribution < -0.4 is 11.1 Å². The van der Waals surface area contributed by atoms with Gasteiger partial charge in [0.25, 0.3) is 0 Å². The molecule has 0 aromatic heterocycles. The third kappa shape index (κ3) is 2.81. The molecule has 6 nitrogen and oxygen atoms in total. The average Bonchev–Trinajstić information content (AvgIpc) is 2.78. The quantitative estimate of drug-likeness (QED) is 0.708. The topological polar surface area (TPSA) is 78.7 Å². The summed E-state index contributed by atoms with van der Waals surface area (Å²) < 4.78 is 0. The van der Waals surface area contributed by atoms with Crippen LogP contribution in [0, 0.1) is 11.8 Å². The highest BCUT2D eigenvalue weighted by Crippen LogP contribution is 2.22. The van der Waals surface area contributed by atoms with Gasteiger partial charge in [-0.3, -0.25) is 14.6 Å². The van der Waals surface area contributed by atoms with Crippen LogP contribution in [0.3, 0.4) is 0 Å². The van der Waals surface area contributed by atoms with E-state index in [4.69, 9.17) is 5.73 Å². The molecule has 2 fully saturated rings. The molecule has 3 N–H and O–H groups in total. The van der Waals surface area contributed by atoms with Crippen LogP contribution in [-0.4, -0.2) is 61.0 Å². The van der Waals surface area contributed by atoms with Crippen LogP contribution in [0.2, 0.25) is 0 Å². The molecule has 2 unspecified atom stereocenters. The van der Waals surface area contributed by atoms with E-state index >= 15 is 0 Å². The Kier molecular flexibility index (Phi) is 4.19. The molecule has 0 spiro atoms. The highest BCUT2D eigenvalue weighted by Gasteiger charge is 2.30. The number of carbonyl (C=O) groups is 2. The fourth-order valence-electron chi connectivity index (χ4n) is 2.66. The molecule has 0 saturated carbocycles. The van der Waals surface area contributed by atoms with Crippen molar-refractivity contribution >= 4 is 11.9 Å². The summed E-state index contributed by atoms with van der Waals surface area (Å²) in [5.41, 5.74) is 5.74. The van der Waals surface area contributed by atoms with Gasteiger partial charge in [0.2, 0.25) is 5.91 Å². The summed E-state index contributed by atoms with van der Waals surface area (Å²) in [4.78, 5) is 26.8. The Balaban J connectivity index is 1.86. The molecule has 0 bridgehead atoms. The lowest BCUT2D eigenvalue weighted by Crippen LogP contribution is -2.48. The molecule has 0 aromatic rings. The lowest BCUT2D eigenvalue weighted by molar-refractivity contribution is -0.129. The molecule has 0 aliphatic carbocycles. The summed E-state index contributed by atoms with van der Waals surface area (Å²) in [5.74, 6) is 0.978. The van der Waals surface area contributed by atoms with E-state index in [1.54, 1.807) is 0 Å². The first-order valence-electron chi connectivity index (χ1n) is 6.62. The first-order chi connectivity index (χ1) is 8.61. The Hall–Kier alpha value is -1.14. The molecule has 2 heterocycles. The normalized spacial score (nSPS) is 29.4. The second kappa shape index (κ2) is 5.67. The number of hydrogen-bond donors (Lipinski definition) is 2. The molecular formula is C12H22N4O2. The second-order valence-corrected chi connectivity index (χ2v) is 5.27. The lowest BCUT2D eigenvalue weighted by atomic mass is 9.87. The minimum atomic E-state index is -0.263. The standard InChI is InChI=1S/C12H22N4O2/c1-9-2-4-15(7-10(9)6-13)8-11(17)16-5-3-14-12(16)18/h9-10H,2-8,13H2,1H3,(H,14,18). The van der Waals surface area contributed by atoms with Gasteiger partial charge in [-0.25, -0.2) is 4.79 Å². The van der Waals surface area contributed by atoms with Crippen LogP contribution in [0.4, 0.5) is 4.79 Å². The zero-order chi connectivity index (χ0) is 13.1. The van der Waals surface area contributed by atoms with Crippen LogP contribution in [0.5, 0.6) is 0 Å². The minimum Gasteiger partial charge on any atom is -0.336 e. The summed E-state index contributed by atoms with van der Waals surface area (Å²) in [5, 5.41) is 2.64. The highest BCUT2D eigenvalue weighted by molar-refractivity contribution is 5.96. The summed E-state index contributed by atoms with van der Waals surface area (Å²) in [7, 11) is 0. The number of carbonyl (C=O) groups excluding carboxylic acids is 2. The zero-order valence-corrected chi connectivity index (χ0v) is 10.9. The maximum absolute atomic E-state index is 12.0. The van der Waals surface area contributed by atoms with E-state index in [1.807, 2.05) is 0 Å². The van der Waals surface area contributed by atoms with Gasteiger partial charge in [0.15, 0.2) is 0 Å². The molecule has 18 heavy (non-hydrogen) atoms. The Morgan fingerprint density at radius 3 is 2.89 bits per heavy atom. The first-order valence-corrected chi connectivity index (χ1v) is 6.62. The number of nitrogens with zero attached hydrogens (tertiary/aromatic N) is 2. The number of rotatable bonds is 3. The summed E-state index contributed by atoms with van der Waals surface area (Å²) in [6.07, 6.45) is 1.07. The number of imide groups is 1. The molecule has 102 valence electrons.